The summed E-state index contributed by atoms with van der Waals surface area (Å²) in [5, 5.41) is 9.28. The van der Waals surface area contributed by atoms with Crippen LogP contribution < -0.4 is 4.74 Å². The molecular weight excluding hydrogens is 164 g/mol. The summed E-state index contributed by atoms with van der Waals surface area (Å²) in [7, 11) is 0. The van der Waals surface area contributed by atoms with Crippen molar-refractivity contribution in [3.8, 4) is 5.75 Å². The van der Waals surface area contributed by atoms with Gasteiger partial charge in [0.05, 0.1) is 6.10 Å². The standard InChI is InChI=1S/C11H13O2/c1-3-7-13-11-6-4-5-10(8-11)9(2)12/h3-5,8-9,12H,1,7H2,2H3. The lowest BCUT2D eigenvalue weighted by Gasteiger charge is -2.07. The second-order valence-corrected chi connectivity index (χ2v) is 2.76. The van der Waals surface area contributed by atoms with E-state index >= 15 is 0 Å². The van der Waals surface area contributed by atoms with Crippen molar-refractivity contribution < 1.29 is 9.84 Å². The van der Waals surface area contributed by atoms with Gasteiger partial charge in [-0.3, -0.25) is 0 Å². The molecule has 1 rings (SSSR count). The highest BCUT2D eigenvalue weighted by atomic mass is 16.5. The van der Waals surface area contributed by atoms with E-state index in [1.807, 2.05) is 6.07 Å². The smallest absolute Gasteiger partial charge is 0.128 e. The van der Waals surface area contributed by atoms with E-state index in [2.05, 4.69) is 12.6 Å². The van der Waals surface area contributed by atoms with E-state index in [1.165, 1.54) is 0 Å². The van der Waals surface area contributed by atoms with Gasteiger partial charge in [0.15, 0.2) is 0 Å². The molecule has 1 N–H and O–H groups in total. The van der Waals surface area contributed by atoms with Crippen molar-refractivity contribution in [3.05, 3.63) is 42.5 Å². The van der Waals surface area contributed by atoms with Gasteiger partial charge in [-0.1, -0.05) is 24.8 Å². The third-order valence-electron chi connectivity index (χ3n) is 1.64. The van der Waals surface area contributed by atoms with E-state index in [0.29, 0.717) is 12.4 Å². The Morgan fingerprint density at radius 2 is 2.54 bits per heavy atom. The van der Waals surface area contributed by atoms with Crippen molar-refractivity contribution in [2.75, 3.05) is 6.61 Å². The Labute approximate surface area is 78.5 Å². The van der Waals surface area contributed by atoms with Crippen LogP contribution in [0.1, 0.15) is 18.6 Å². The Kier molecular flexibility index (Phi) is 3.53. The van der Waals surface area contributed by atoms with Crippen LogP contribution in [0, 0.1) is 6.07 Å². The zero-order valence-corrected chi connectivity index (χ0v) is 7.66. The highest BCUT2D eigenvalue weighted by Crippen LogP contribution is 2.17. The van der Waals surface area contributed by atoms with Gasteiger partial charge in [-0.2, -0.15) is 0 Å². The molecule has 1 radical (unpaired) electrons. The first-order chi connectivity index (χ1) is 6.24. The van der Waals surface area contributed by atoms with Gasteiger partial charge >= 0.3 is 0 Å². The quantitative estimate of drug-likeness (QED) is 0.714. The van der Waals surface area contributed by atoms with E-state index < -0.39 is 6.10 Å². The van der Waals surface area contributed by atoms with E-state index in [9.17, 15) is 5.11 Å². The molecule has 2 nitrogen and oxygen atoms in total. The molecule has 0 saturated heterocycles. The zero-order valence-electron chi connectivity index (χ0n) is 7.66. The Morgan fingerprint density at radius 1 is 1.77 bits per heavy atom. The van der Waals surface area contributed by atoms with Crippen molar-refractivity contribution in [2.45, 2.75) is 13.0 Å². The molecule has 69 valence electrons. The van der Waals surface area contributed by atoms with Gasteiger partial charge in [0, 0.05) is 6.07 Å². The lowest BCUT2D eigenvalue weighted by Crippen LogP contribution is -1.95. The van der Waals surface area contributed by atoms with Crippen LogP contribution in [0.25, 0.3) is 0 Å². The fourth-order valence-electron chi connectivity index (χ4n) is 0.953. The largest absolute Gasteiger partial charge is 0.489 e. The molecule has 0 aromatic heterocycles. The summed E-state index contributed by atoms with van der Waals surface area (Å²) in [5.41, 5.74) is 0.831. The second-order valence-electron chi connectivity index (χ2n) is 2.76. The molecule has 1 unspecified atom stereocenters. The number of rotatable bonds is 4. The monoisotopic (exact) mass is 177 g/mol. The molecule has 0 aliphatic heterocycles. The minimum atomic E-state index is -0.472. The van der Waals surface area contributed by atoms with E-state index in [0.717, 1.165) is 5.56 Å². The molecule has 0 heterocycles. The van der Waals surface area contributed by atoms with Gasteiger partial charge in [-0.15, -0.1) is 0 Å². The van der Waals surface area contributed by atoms with Crippen molar-refractivity contribution in [1.29, 1.82) is 0 Å². The minimum absolute atomic E-state index is 0.458. The predicted molar refractivity (Wildman–Crippen MR) is 51.6 cm³/mol. The summed E-state index contributed by atoms with van der Waals surface area (Å²) in [4.78, 5) is 0. The Balaban J connectivity index is 2.73. The summed E-state index contributed by atoms with van der Waals surface area (Å²) in [5.74, 6) is 0.637. The van der Waals surface area contributed by atoms with Crippen LogP contribution >= 0.6 is 0 Å². The van der Waals surface area contributed by atoms with Crippen molar-refractivity contribution in [1.82, 2.24) is 0 Å². The van der Waals surface area contributed by atoms with Crippen LogP contribution in [0.2, 0.25) is 0 Å². The van der Waals surface area contributed by atoms with Crippen LogP contribution in [0.3, 0.4) is 0 Å². The van der Waals surface area contributed by atoms with E-state index in [-0.39, 0.29) is 0 Å². The van der Waals surface area contributed by atoms with Crippen molar-refractivity contribution in [2.24, 2.45) is 0 Å². The molecule has 1 aromatic carbocycles. The second kappa shape index (κ2) is 4.67. The Hall–Kier alpha value is -1.28. The molecule has 0 spiro atoms. The maximum Gasteiger partial charge on any atom is 0.128 e. The predicted octanol–water partition coefficient (Wildman–Crippen LogP) is 2.10. The van der Waals surface area contributed by atoms with Crippen LogP contribution in [-0.2, 0) is 0 Å². The topological polar surface area (TPSA) is 29.5 Å². The summed E-state index contributed by atoms with van der Waals surface area (Å²) < 4.78 is 5.26. The summed E-state index contributed by atoms with van der Waals surface area (Å²) in [6.07, 6.45) is 1.20. The first-order valence-electron chi connectivity index (χ1n) is 4.17. The third-order valence-corrected chi connectivity index (χ3v) is 1.64. The van der Waals surface area contributed by atoms with Gasteiger partial charge in [0.1, 0.15) is 12.4 Å². The molecule has 0 saturated carbocycles. The lowest BCUT2D eigenvalue weighted by atomic mass is 10.1. The number of aliphatic hydroxyl groups excluding tert-OH is 1. The summed E-state index contributed by atoms with van der Waals surface area (Å²) in [6, 6.07) is 8.24. The average molecular weight is 177 g/mol. The van der Waals surface area contributed by atoms with Gasteiger partial charge in [-0.25, -0.2) is 0 Å². The van der Waals surface area contributed by atoms with E-state index in [4.69, 9.17) is 4.74 Å². The van der Waals surface area contributed by atoms with Gasteiger partial charge in [0.2, 0.25) is 0 Å². The van der Waals surface area contributed by atoms with Crippen molar-refractivity contribution in [3.63, 3.8) is 0 Å². The number of benzene rings is 1. The zero-order chi connectivity index (χ0) is 9.68. The molecule has 0 bridgehead atoms. The maximum atomic E-state index is 9.28. The molecule has 2 heteroatoms. The molecule has 0 fully saturated rings. The number of hydrogen-bond acceptors (Lipinski definition) is 2. The molecule has 0 aliphatic carbocycles. The average Bonchev–Trinajstić information content (AvgIpc) is 2.15. The van der Waals surface area contributed by atoms with E-state index in [1.54, 1.807) is 25.1 Å². The summed E-state index contributed by atoms with van der Waals surface area (Å²) in [6.45, 7) is 5.72. The maximum absolute atomic E-state index is 9.28. The van der Waals surface area contributed by atoms with Crippen molar-refractivity contribution >= 4 is 0 Å². The molecule has 0 amide bonds. The van der Waals surface area contributed by atoms with Gasteiger partial charge < -0.3 is 9.84 Å². The van der Waals surface area contributed by atoms with Gasteiger partial charge in [-0.05, 0) is 18.6 Å². The van der Waals surface area contributed by atoms with Crippen LogP contribution in [0.15, 0.2) is 30.9 Å². The normalized spacial score (nSPS) is 12.2. The number of hydrogen-bond donors (Lipinski definition) is 1. The molecule has 0 aliphatic rings. The Bertz CT molecular complexity index is 279. The van der Waals surface area contributed by atoms with Crippen LogP contribution in [-0.4, -0.2) is 11.7 Å². The highest BCUT2D eigenvalue weighted by molar-refractivity contribution is 5.28. The van der Waals surface area contributed by atoms with Crippen LogP contribution in [0.5, 0.6) is 5.75 Å². The highest BCUT2D eigenvalue weighted by Gasteiger charge is 2.01. The Morgan fingerprint density at radius 3 is 3.15 bits per heavy atom. The SMILES string of the molecule is C=CCOc1[c]ccc(C(C)O)c1. The number of aliphatic hydroxyl groups is 1. The number of ether oxygens (including phenoxy) is 1. The first-order valence-corrected chi connectivity index (χ1v) is 4.17. The fourth-order valence-corrected chi connectivity index (χ4v) is 0.953. The molecular formula is C11H13O2. The molecule has 1 aromatic rings. The van der Waals surface area contributed by atoms with Crippen LogP contribution in [0.4, 0.5) is 0 Å². The fraction of sp³-hybridized carbons (Fsp3) is 0.273. The minimum Gasteiger partial charge on any atom is -0.489 e. The third kappa shape index (κ3) is 2.92. The molecule has 1 atom stereocenters. The molecule has 13 heavy (non-hydrogen) atoms. The first kappa shape index (κ1) is 9.81. The lowest BCUT2D eigenvalue weighted by molar-refractivity contribution is 0.198. The van der Waals surface area contributed by atoms with Gasteiger partial charge in [0.25, 0.3) is 0 Å². The summed E-state index contributed by atoms with van der Waals surface area (Å²) >= 11 is 0.